The van der Waals surface area contributed by atoms with Crippen molar-refractivity contribution in [2.45, 2.75) is 13.3 Å². The first kappa shape index (κ1) is 9.06. The van der Waals surface area contributed by atoms with Crippen LogP contribution in [-0.4, -0.2) is 18.0 Å². The van der Waals surface area contributed by atoms with Crippen LogP contribution in [0.5, 0.6) is 0 Å². The molecule has 0 aliphatic carbocycles. The minimum absolute atomic E-state index is 0. The van der Waals surface area contributed by atoms with Crippen LogP contribution in [0.25, 0.3) is 0 Å². The summed E-state index contributed by atoms with van der Waals surface area (Å²) >= 11 is 0. The normalized spacial score (nSPS) is 30.0. The second-order valence-electron chi connectivity index (χ2n) is 2.47. The van der Waals surface area contributed by atoms with Crippen LogP contribution in [0.3, 0.4) is 0 Å². The van der Waals surface area contributed by atoms with E-state index in [1.165, 1.54) is 19.5 Å². The molecule has 1 saturated heterocycles. The molecule has 1 nitrogen and oxygen atoms in total. The van der Waals surface area contributed by atoms with E-state index >= 15 is 0 Å². The fourth-order valence-corrected chi connectivity index (χ4v) is 1.03. The Kier molecular flexibility index (Phi) is 4.50. The summed E-state index contributed by atoms with van der Waals surface area (Å²) in [4.78, 5) is 2.13. The molecule has 1 aliphatic heterocycles. The Hall–Kier alpha value is 1.06. The minimum atomic E-state index is 0. The molecule has 0 aromatic carbocycles. The number of likely N-dealkylation sites (tertiary alicyclic amines) is 1. The third-order valence-corrected chi connectivity index (χ3v) is 1.51. The summed E-state index contributed by atoms with van der Waals surface area (Å²) < 4.78 is 0. The van der Waals surface area contributed by atoms with Crippen LogP contribution in [0, 0.1) is 13.0 Å². The van der Waals surface area contributed by atoms with Gasteiger partial charge >= 0.3 is 0 Å². The van der Waals surface area contributed by atoms with Crippen LogP contribution in [0.1, 0.15) is 13.3 Å². The molecule has 0 bridgehead atoms. The van der Waals surface area contributed by atoms with Gasteiger partial charge in [0.2, 0.25) is 0 Å². The van der Waals surface area contributed by atoms with Crippen molar-refractivity contribution in [1.29, 1.82) is 0 Å². The number of hydrogen-bond acceptors (Lipinski definition) is 1. The smallest absolute Gasteiger partial charge is 0 e. The predicted octanol–water partition coefficient (Wildman–Crippen LogP) is 1.12. The van der Waals surface area contributed by atoms with Crippen LogP contribution >= 0.6 is 0 Å². The molecule has 1 radical (unpaired) electrons. The van der Waals surface area contributed by atoms with Crippen LogP contribution in [0.2, 0.25) is 0 Å². The van der Waals surface area contributed by atoms with Crippen LogP contribution in [0.15, 0.2) is 0 Å². The third kappa shape index (κ3) is 2.56. The van der Waals surface area contributed by atoms with Gasteiger partial charge in [0.05, 0.1) is 0 Å². The van der Waals surface area contributed by atoms with Gasteiger partial charge in [-0.2, -0.15) is 0 Å². The largest absolute Gasteiger partial charge is 0.459 e. The van der Waals surface area contributed by atoms with Gasteiger partial charge in [0.1, 0.15) is 0 Å². The van der Waals surface area contributed by atoms with Gasteiger partial charge in [-0.1, -0.05) is 6.92 Å². The molecule has 2 heteroatoms. The summed E-state index contributed by atoms with van der Waals surface area (Å²) in [7, 11) is 3.82. The zero-order chi connectivity index (χ0) is 5.28. The van der Waals surface area contributed by atoms with Gasteiger partial charge < -0.3 is 4.90 Å². The van der Waals surface area contributed by atoms with Crippen molar-refractivity contribution in [1.82, 2.24) is 4.90 Å². The third-order valence-electron chi connectivity index (χ3n) is 1.51. The van der Waals surface area contributed by atoms with E-state index in [4.69, 9.17) is 0 Å². The van der Waals surface area contributed by atoms with Crippen molar-refractivity contribution < 1.29 is 32.7 Å². The van der Waals surface area contributed by atoms with Gasteiger partial charge in [0.15, 0.2) is 0 Å². The molecular formula is C6H12NY-. The molecule has 0 N–H and O–H groups in total. The molecule has 1 unspecified atom stereocenters. The summed E-state index contributed by atoms with van der Waals surface area (Å²) in [5.41, 5.74) is 0. The van der Waals surface area contributed by atoms with E-state index < -0.39 is 0 Å². The fraction of sp³-hybridized carbons (Fsp3) is 0.833. The minimum Gasteiger partial charge on any atom is -0.459 e. The Morgan fingerprint density at radius 1 is 1.62 bits per heavy atom. The summed E-state index contributed by atoms with van der Waals surface area (Å²) in [6, 6.07) is 0. The predicted molar refractivity (Wildman–Crippen MR) is 30.7 cm³/mol. The second-order valence-corrected chi connectivity index (χ2v) is 2.47. The van der Waals surface area contributed by atoms with Gasteiger partial charge in [-0.15, -0.1) is 0 Å². The van der Waals surface area contributed by atoms with Gasteiger partial charge in [0, 0.05) is 32.7 Å². The van der Waals surface area contributed by atoms with Crippen molar-refractivity contribution in [2.24, 2.45) is 5.92 Å². The zero-order valence-corrected chi connectivity index (χ0v) is 8.27. The van der Waals surface area contributed by atoms with Crippen LogP contribution in [0.4, 0.5) is 0 Å². The molecular weight excluding hydrogens is 175 g/mol. The first-order valence-electron chi connectivity index (χ1n) is 2.84. The Bertz CT molecular complexity index is 57.5. The first-order valence-corrected chi connectivity index (χ1v) is 2.84. The maximum atomic E-state index is 3.82. The van der Waals surface area contributed by atoms with Gasteiger partial charge in [-0.25, -0.2) is 0 Å². The molecule has 1 rings (SSSR count). The molecule has 0 saturated carbocycles. The SMILES string of the molecule is [CH2-]N1CCC(C)C1.[Y]. The van der Waals surface area contributed by atoms with E-state index in [0.29, 0.717) is 0 Å². The van der Waals surface area contributed by atoms with Crippen LogP contribution < -0.4 is 0 Å². The molecule has 0 spiro atoms. The van der Waals surface area contributed by atoms with E-state index in [2.05, 4.69) is 18.9 Å². The van der Waals surface area contributed by atoms with E-state index in [1.54, 1.807) is 0 Å². The molecule has 45 valence electrons. The Balaban J connectivity index is 0.000000490. The summed E-state index contributed by atoms with van der Waals surface area (Å²) in [6.07, 6.45) is 1.34. The first-order chi connectivity index (χ1) is 3.29. The number of hydrogen-bond donors (Lipinski definition) is 0. The average molecular weight is 187 g/mol. The maximum Gasteiger partial charge on any atom is 0 e. The summed E-state index contributed by atoms with van der Waals surface area (Å²) in [6.45, 7) is 4.66. The van der Waals surface area contributed by atoms with Crippen molar-refractivity contribution in [3.8, 4) is 0 Å². The summed E-state index contributed by atoms with van der Waals surface area (Å²) in [5.74, 6) is 0.887. The Labute approximate surface area is 76.7 Å². The molecule has 1 fully saturated rings. The fourth-order valence-electron chi connectivity index (χ4n) is 1.03. The summed E-state index contributed by atoms with van der Waals surface area (Å²) in [5, 5.41) is 0. The standard InChI is InChI=1S/C6H12N.Y/c1-6-3-4-7(2)5-6;/h6H,2-5H2,1H3;/q-1;. The molecule has 0 aromatic rings. The van der Waals surface area contributed by atoms with Crippen LogP contribution in [-0.2, 0) is 32.7 Å². The topological polar surface area (TPSA) is 3.24 Å². The molecule has 8 heavy (non-hydrogen) atoms. The van der Waals surface area contributed by atoms with Crippen molar-refractivity contribution in [2.75, 3.05) is 13.1 Å². The van der Waals surface area contributed by atoms with Gasteiger partial charge in [-0.3, -0.25) is 7.05 Å². The Morgan fingerprint density at radius 3 is 2.38 bits per heavy atom. The molecule has 1 atom stereocenters. The molecule has 1 aliphatic rings. The molecule has 1 heterocycles. The second kappa shape index (κ2) is 3.97. The van der Waals surface area contributed by atoms with E-state index in [1.807, 2.05) is 0 Å². The number of nitrogens with zero attached hydrogens (tertiary/aromatic N) is 1. The monoisotopic (exact) mass is 187 g/mol. The van der Waals surface area contributed by atoms with E-state index in [9.17, 15) is 0 Å². The number of rotatable bonds is 0. The zero-order valence-electron chi connectivity index (χ0n) is 5.43. The van der Waals surface area contributed by atoms with Crippen molar-refractivity contribution in [3.05, 3.63) is 7.05 Å². The van der Waals surface area contributed by atoms with Crippen molar-refractivity contribution >= 4 is 0 Å². The molecule has 0 amide bonds. The molecule has 0 aromatic heterocycles. The van der Waals surface area contributed by atoms with E-state index in [0.717, 1.165) is 5.92 Å². The maximum absolute atomic E-state index is 3.82. The average Bonchev–Trinajstić information content (AvgIpc) is 1.87. The quantitative estimate of drug-likeness (QED) is 0.513. The van der Waals surface area contributed by atoms with Crippen molar-refractivity contribution in [3.63, 3.8) is 0 Å². The Morgan fingerprint density at radius 2 is 2.25 bits per heavy atom. The van der Waals surface area contributed by atoms with Gasteiger partial charge in [0.25, 0.3) is 0 Å². The van der Waals surface area contributed by atoms with E-state index in [-0.39, 0.29) is 32.7 Å². The van der Waals surface area contributed by atoms with Gasteiger partial charge in [-0.05, 0) is 25.4 Å².